The fourth-order valence-electron chi connectivity index (χ4n) is 5.08. The Labute approximate surface area is 237 Å². The minimum atomic E-state index is 0.0999. The first kappa shape index (κ1) is 26.6. The quantitative estimate of drug-likeness (QED) is 0.231. The number of hydrogen-bond donors (Lipinski definition) is 0. The lowest BCUT2D eigenvalue weighted by atomic mass is 9.87. The van der Waals surface area contributed by atoms with Crippen molar-refractivity contribution in [1.29, 1.82) is 0 Å². The Morgan fingerprint density at radius 3 is 1.97 bits per heavy atom. The van der Waals surface area contributed by atoms with E-state index in [-0.39, 0.29) is 5.41 Å². The summed E-state index contributed by atoms with van der Waals surface area (Å²) >= 11 is 3.66. The second-order valence-electron chi connectivity index (χ2n) is 11.5. The summed E-state index contributed by atoms with van der Waals surface area (Å²) in [6.45, 7) is 13.7. The van der Waals surface area contributed by atoms with E-state index in [0.29, 0.717) is 12.0 Å². The molecule has 38 heavy (non-hydrogen) atoms. The largest absolute Gasteiger partial charge is 0.342 e. The zero-order chi connectivity index (χ0) is 26.9. The number of nitrogens with zero attached hydrogens (tertiary/aromatic N) is 2. The summed E-state index contributed by atoms with van der Waals surface area (Å²) < 4.78 is 0. The molecule has 1 aliphatic heterocycles. The van der Waals surface area contributed by atoms with E-state index in [1.165, 1.54) is 50.9 Å². The molecule has 4 aromatic rings. The Balaban J connectivity index is 1.43. The van der Waals surface area contributed by atoms with Gasteiger partial charge in [-0.15, -0.1) is 11.8 Å². The highest BCUT2D eigenvalue weighted by molar-refractivity contribution is 8.02. The maximum Gasteiger partial charge on any atom is 0.0568 e. The normalized spacial score (nSPS) is 15.6. The molecule has 0 amide bonds. The lowest BCUT2D eigenvalue weighted by molar-refractivity contribution is 0.590. The third-order valence-electron chi connectivity index (χ3n) is 7.19. The zero-order valence-electron chi connectivity index (χ0n) is 23.3. The molecule has 1 aliphatic rings. The molecule has 0 saturated heterocycles. The molecule has 1 aromatic heterocycles. The molecule has 1 unspecified atom stereocenters. The molecule has 196 valence electrons. The average Bonchev–Trinajstić information content (AvgIpc) is 3.57. The smallest absolute Gasteiger partial charge is 0.0568 e. The molecular formula is C34H38N2S2. The zero-order valence-corrected chi connectivity index (χ0v) is 24.9. The van der Waals surface area contributed by atoms with Gasteiger partial charge in [-0.05, 0) is 89.2 Å². The van der Waals surface area contributed by atoms with Crippen molar-refractivity contribution in [2.75, 3.05) is 15.6 Å². The van der Waals surface area contributed by atoms with E-state index in [1.54, 1.807) is 11.3 Å². The lowest BCUT2D eigenvalue weighted by Crippen LogP contribution is -2.32. The van der Waals surface area contributed by atoms with Crippen LogP contribution in [0.3, 0.4) is 0 Å². The Kier molecular flexibility index (Phi) is 7.74. The number of thiophene rings is 1. The van der Waals surface area contributed by atoms with Crippen LogP contribution >= 0.6 is 23.1 Å². The van der Waals surface area contributed by atoms with Gasteiger partial charge in [0.1, 0.15) is 0 Å². The molecule has 0 radical (unpaired) electrons. The van der Waals surface area contributed by atoms with Gasteiger partial charge in [-0.1, -0.05) is 64.1 Å². The Bertz CT molecular complexity index is 1380. The van der Waals surface area contributed by atoms with Crippen molar-refractivity contribution < 1.29 is 0 Å². The standard InChI is InChI=1S/C34H38N2S2/c1-24(2)35(33-23-38-21-25(33)3)29-14-10-26(11-15-29)27-12-16-30(17-13-27)36(32-18-19-37-22-32)31-9-7-8-28(20-31)34(4,5)6/h7-20,22-25H,21H2,1-6H3. The summed E-state index contributed by atoms with van der Waals surface area (Å²) in [6, 6.07) is 29.6. The Morgan fingerprint density at radius 1 is 0.789 bits per heavy atom. The summed E-state index contributed by atoms with van der Waals surface area (Å²) in [5.41, 5.74) is 10.2. The summed E-state index contributed by atoms with van der Waals surface area (Å²) in [6.07, 6.45) is 0. The van der Waals surface area contributed by atoms with E-state index >= 15 is 0 Å². The van der Waals surface area contributed by atoms with Gasteiger partial charge in [0.15, 0.2) is 0 Å². The Morgan fingerprint density at radius 2 is 1.45 bits per heavy atom. The van der Waals surface area contributed by atoms with Crippen LogP contribution in [0.25, 0.3) is 11.1 Å². The molecule has 4 heteroatoms. The molecule has 0 aliphatic carbocycles. The van der Waals surface area contributed by atoms with Gasteiger partial charge in [-0.2, -0.15) is 11.3 Å². The predicted octanol–water partition coefficient (Wildman–Crippen LogP) is 10.6. The summed E-state index contributed by atoms with van der Waals surface area (Å²) in [5.74, 6) is 1.76. The van der Waals surface area contributed by atoms with Gasteiger partial charge in [0.25, 0.3) is 0 Å². The van der Waals surface area contributed by atoms with Crippen molar-refractivity contribution in [1.82, 2.24) is 0 Å². The third-order valence-corrected chi connectivity index (χ3v) is 8.96. The van der Waals surface area contributed by atoms with Crippen molar-refractivity contribution in [3.63, 3.8) is 0 Å². The maximum absolute atomic E-state index is 2.49. The third kappa shape index (κ3) is 5.57. The highest BCUT2D eigenvalue weighted by Gasteiger charge is 2.24. The fraction of sp³-hybridized carbons (Fsp3) is 0.294. The molecule has 5 rings (SSSR count). The SMILES string of the molecule is CC1CSC=C1N(c1ccc(-c2ccc(N(c3ccsc3)c3cccc(C(C)(C)C)c3)cc2)cc1)C(C)C. The van der Waals surface area contributed by atoms with Crippen LogP contribution in [-0.4, -0.2) is 11.8 Å². The first-order chi connectivity index (χ1) is 18.2. The van der Waals surface area contributed by atoms with Crippen LogP contribution in [0.1, 0.15) is 47.1 Å². The van der Waals surface area contributed by atoms with Gasteiger partial charge in [-0.3, -0.25) is 0 Å². The molecule has 2 nitrogen and oxygen atoms in total. The number of benzene rings is 3. The first-order valence-electron chi connectivity index (χ1n) is 13.5. The number of anilines is 4. The molecule has 0 saturated carbocycles. The van der Waals surface area contributed by atoms with E-state index in [2.05, 4.69) is 146 Å². The average molecular weight is 539 g/mol. The van der Waals surface area contributed by atoms with Crippen molar-refractivity contribution >= 4 is 45.8 Å². The number of allylic oxidation sites excluding steroid dienone is 1. The van der Waals surface area contributed by atoms with E-state index < -0.39 is 0 Å². The minimum absolute atomic E-state index is 0.0999. The maximum atomic E-state index is 2.49. The minimum Gasteiger partial charge on any atom is -0.342 e. The molecule has 0 bridgehead atoms. The van der Waals surface area contributed by atoms with Gasteiger partial charge in [-0.25, -0.2) is 0 Å². The van der Waals surface area contributed by atoms with E-state index in [1.807, 2.05) is 11.8 Å². The van der Waals surface area contributed by atoms with Crippen LogP contribution in [0.5, 0.6) is 0 Å². The van der Waals surface area contributed by atoms with Crippen LogP contribution in [0.2, 0.25) is 0 Å². The highest BCUT2D eigenvalue weighted by atomic mass is 32.2. The second-order valence-corrected chi connectivity index (χ2v) is 13.1. The van der Waals surface area contributed by atoms with Gasteiger partial charge >= 0.3 is 0 Å². The predicted molar refractivity (Wildman–Crippen MR) is 170 cm³/mol. The fourth-order valence-corrected chi connectivity index (χ4v) is 6.77. The Hall–Kier alpha value is -2.95. The molecule has 0 fully saturated rings. The van der Waals surface area contributed by atoms with Crippen LogP contribution in [0, 0.1) is 5.92 Å². The van der Waals surface area contributed by atoms with Crippen LogP contribution in [0.15, 0.2) is 101 Å². The molecule has 1 atom stereocenters. The van der Waals surface area contributed by atoms with Gasteiger partial charge in [0.05, 0.1) is 5.69 Å². The van der Waals surface area contributed by atoms with E-state index in [0.717, 1.165) is 0 Å². The van der Waals surface area contributed by atoms with Gasteiger partial charge in [0, 0.05) is 45.9 Å². The van der Waals surface area contributed by atoms with Crippen molar-refractivity contribution in [2.45, 2.75) is 53.0 Å². The molecule has 3 aromatic carbocycles. The summed E-state index contributed by atoms with van der Waals surface area (Å²) in [7, 11) is 0. The van der Waals surface area contributed by atoms with Crippen LogP contribution < -0.4 is 9.80 Å². The van der Waals surface area contributed by atoms with E-state index in [9.17, 15) is 0 Å². The molecule has 0 N–H and O–H groups in total. The highest BCUT2D eigenvalue weighted by Crippen LogP contribution is 2.39. The van der Waals surface area contributed by atoms with Crippen molar-refractivity contribution in [2.24, 2.45) is 5.92 Å². The molecule has 2 heterocycles. The molecular weight excluding hydrogens is 501 g/mol. The summed E-state index contributed by atoms with van der Waals surface area (Å²) in [5, 5.41) is 6.71. The van der Waals surface area contributed by atoms with Crippen LogP contribution in [0.4, 0.5) is 22.7 Å². The van der Waals surface area contributed by atoms with Gasteiger partial charge < -0.3 is 9.80 Å². The van der Waals surface area contributed by atoms with Crippen molar-refractivity contribution in [3.8, 4) is 11.1 Å². The monoisotopic (exact) mass is 538 g/mol. The molecule has 0 spiro atoms. The van der Waals surface area contributed by atoms with Gasteiger partial charge in [0.2, 0.25) is 0 Å². The number of hydrogen-bond acceptors (Lipinski definition) is 4. The number of thioether (sulfide) groups is 1. The topological polar surface area (TPSA) is 6.48 Å². The summed E-state index contributed by atoms with van der Waals surface area (Å²) in [4.78, 5) is 4.84. The first-order valence-corrected chi connectivity index (χ1v) is 15.5. The van der Waals surface area contributed by atoms with Crippen molar-refractivity contribution in [3.05, 3.63) is 106 Å². The second kappa shape index (κ2) is 11.0. The lowest BCUT2D eigenvalue weighted by Gasteiger charge is -2.32. The van der Waals surface area contributed by atoms with E-state index in [4.69, 9.17) is 0 Å². The van der Waals surface area contributed by atoms with Crippen LogP contribution in [-0.2, 0) is 5.41 Å². The number of rotatable bonds is 7.